The van der Waals surface area contributed by atoms with Crippen molar-refractivity contribution in [3.8, 4) is 22.8 Å². The highest BCUT2D eigenvalue weighted by atomic mass is 32.1. The smallest absolute Gasteiger partial charge is 0.197 e. The Balaban J connectivity index is 1.82. The molecule has 6 nitrogen and oxygen atoms in total. The van der Waals surface area contributed by atoms with Gasteiger partial charge in [-0.2, -0.15) is 0 Å². The molecule has 4 aromatic rings. The van der Waals surface area contributed by atoms with Crippen LogP contribution in [0.1, 0.15) is 13.3 Å². The van der Waals surface area contributed by atoms with Crippen LogP contribution in [0.15, 0.2) is 42.5 Å². The maximum Gasteiger partial charge on any atom is 0.197 e. The third kappa shape index (κ3) is 3.75. The molecule has 0 aliphatic rings. The van der Waals surface area contributed by atoms with Gasteiger partial charge in [0.05, 0.1) is 23.9 Å². The van der Waals surface area contributed by atoms with E-state index in [4.69, 9.17) is 19.2 Å². The van der Waals surface area contributed by atoms with Crippen molar-refractivity contribution in [3.63, 3.8) is 0 Å². The number of hydrogen-bond acceptors (Lipinski definition) is 6. The maximum absolute atomic E-state index is 5.66. The van der Waals surface area contributed by atoms with Gasteiger partial charge in [0.2, 0.25) is 0 Å². The summed E-state index contributed by atoms with van der Waals surface area (Å²) in [7, 11) is 3.38. The number of nitrogens with one attached hydrogen (secondary N) is 1. The van der Waals surface area contributed by atoms with Gasteiger partial charge in [-0.1, -0.05) is 23.5 Å². The Morgan fingerprint density at radius 2 is 1.97 bits per heavy atom. The normalized spacial score (nSPS) is 11.3. The number of methoxy groups -OCH3 is 2. The SMILES string of the molecule is CCOc1ccc(-c2nc3sc4ccccc4n3c2NCCCOC)cc1OC. The summed E-state index contributed by atoms with van der Waals surface area (Å²) in [5.41, 5.74) is 3.04. The molecule has 0 unspecified atom stereocenters. The molecule has 29 heavy (non-hydrogen) atoms. The Kier molecular flexibility index (Phi) is 5.87. The minimum Gasteiger partial charge on any atom is -0.493 e. The molecule has 0 fully saturated rings. The fourth-order valence-electron chi connectivity index (χ4n) is 3.40. The van der Waals surface area contributed by atoms with Crippen LogP contribution in [0.4, 0.5) is 5.82 Å². The molecule has 0 saturated carbocycles. The molecule has 0 atom stereocenters. The molecular formula is C22H25N3O3S. The van der Waals surface area contributed by atoms with Gasteiger partial charge in [-0.25, -0.2) is 4.98 Å². The molecule has 7 heteroatoms. The molecule has 0 spiro atoms. The predicted molar refractivity (Wildman–Crippen MR) is 119 cm³/mol. The van der Waals surface area contributed by atoms with Gasteiger partial charge in [-0.3, -0.25) is 4.40 Å². The van der Waals surface area contributed by atoms with Gasteiger partial charge < -0.3 is 19.5 Å². The lowest BCUT2D eigenvalue weighted by Gasteiger charge is -2.12. The maximum atomic E-state index is 5.66. The number of para-hydroxylation sites is 1. The number of benzene rings is 2. The third-order valence-corrected chi connectivity index (χ3v) is 5.73. The first-order valence-corrected chi connectivity index (χ1v) is 10.5. The molecule has 0 aliphatic carbocycles. The van der Waals surface area contributed by atoms with E-state index >= 15 is 0 Å². The monoisotopic (exact) mass is 411 g/mol. The van der Waals surface area contributed by atoms with E-state index in [9.17, 15) is 0 Å². The molecule has 2 aromatic heterocycles. The molecule has 152 valence electrons. The second-order valence-electron chi connectivity index (χ2n) is 6.57. The Hall–Kier alpha value is -2.77. The quantitative estimate of drug-likeness (QED) is 0.390. The van der Waals surface area contributed by atoms with Crippen LogP contribution in [-0.2, 0) is 4.74 Å². The number of anilines is 1. The summed E-state index contributed by atoms with van der Waals surface area (Å²) < 4.78 is 19.8. The zero-order chi connectivity index (χ0) is 20.2. The van der Waals surface area contributed by atoms with E-state index in [2.05, 4.69) is 34.0 Å². The molecule has 0 bridgehead atoms. The highest BCUT2D eigenvalue weighted by Gasteiger charge is 2.19. The number of nitrogens with zero attached hydrogens (tertiary/aromatic N) is 2. The van der Waals surface area contributed by atoms with Crippen molar-refractivity contribution in [1.29, 1.82) is 0 Å². The average Bonchev–Trinajstić information content (AvgIpc) is 3.28. The fourth-order valence-corrected chi connectivity index (χ4v) is 4.42. The van der Waals surface area contributed by atoms with E-state index in [0.29, 0.717) is 19.0 Å². The highest BCUT2D eigenvalue weighted by Crippen LogP contribution is 2.39. The molecule has 4 rings (SSSR count). The van der Waals surface area contributed by atoms with Crippen LogP contribution in [0.3, 0.4) is 0 Å². The first-order valence-electron chi connectivity index (χ1n) is 9.70. The Bertz CT molecular complexity index is 1120. The van der Waals surface area contributed by atoms with E-state index in [1.807, 2.05) is 25.1 Å². The van der Waals surface area contributed by atoms with E-state index in [1.165, 1.54) is 4.70 Å². The highest BCUT2D eigenvalue weighted by molar-refractivity contribution is 7.23. The molecule has 0 radical (unpaired) electrons. The number of hydrogen-bond donors (Lipinski definition) is 1. The second kappa shape index (κ2) is 8.71. The number of rotatable bonds is 9. The van der Waals surface area contributed by atoms with Gasteiger partial charge in [0.1, 0.15) is 11.5 Å². The van der Waals surface area contributed by atoms with E-state index in [0.717, 1.165) is 46.3 Å². The molecule has 2 heterocycles. The second-order valence-corrected chi connectivity index (χ2v) is 7.58. The number of imidazole rings is 1. The zero-order valence-corrected chi connectivity index (χ0v) is 17.7. The van der Waals surface area contributed by atoms with Gasteiger partial charge in [0.25, 0.3) is 0 Å². The van der Waals surface area contributed by atoms with E-state index in [-0.39, 0.29) is 0 Å². The van der Waals surface area contributed by atoms with E-state index in [1.54, 1.807) is 25.6 Å². The Morgan fingerprint density at radius 1 is 1.10 bits per heavy atom. The lowest BCUT2D eigenvalue weighted by atomic mass is 10.1. The van der Waals surface area contributed by atoms with Crippen LogP contribution in [0.5, 0.6) is 11.5 Å². The van der Waals surface area contributed by atoms with Crippen molar-refractivity contribution in [2.75, 3.05) is 39.3 Å². The van der Waals surface area contributed by atoms with Gasteiger partial charge in [0, 0.05) is 25.8 Å². The molecule has 0 saturated heterocycles. The Morgan fingerprint density at radius 3 is 2.76 bits per heavy atom. The molecular weight excluding hydrogens is 386 g/mol. The molecule has 1 N–H and O–H groups in total. The fraction of sp³-hybridized carbons (Fsp3) is 0.318. The van der Waals surface area contributed by atoms with Crippen molar-refractivity contribution in [2.45, 2.75) is 13.3 Å². The van der Waals surface area contributed by atoms with Crippen LogP contribution in [0, 0.1) is 0 Å². The zero-order valence-electron chi connectivity index (χ0n) is 16.9. The number of thiazole rings is 1. The van der Waals surface area contributed by atoms with Gasteiger partial charge in [-0.15, -0.1) is 0 Å². The van der Waals surface area contributed by atoms with Gasteiger partial charge in [-0.05, 0) is 43.7 Å². The summed E-state index contributed by atoms with van der Waals surface area (Å²) in [4.78, 5) is 5.92. The minimum atomic E-state index is 0.591. The van der Waals surface area contributed by atoms with Crippen LogP contribution in [0.2, 0.25) is 0 Å². The number of aromatic nitrogens is 2. The first-order chi connectivity index (χ1) is 14.3. The number of fused-ring (bicyclic) bond motifs is 3. The standard InChI is InChI=1S/C22H25N3O3S/c1-4-28-17-11-10-15(14-18(17)27-3)20-21(23-12-7-13-26-2)25-16-8-5-6-9-19(16)29-22(25)24-20/h5-6,8-11,14,23H,4,7,12-13H2,1-3H3. The van der Waals surface area contributed by atoms with Gasteiger partial charge in [0.15, 0.2) is 16.5 Å². The summed E-state index contributed by atoms with van der Waals surface area (Å²) in [6.45, 7) is 4.07. The summed E-state index contributed by atoms with van der Waals surface area (Å²) in [5, 5.41) is 3.58. The van der Waals surface area contributed by atoms with Crippen LogP contribution >= 0.6 is 11.3 Å². The predicted octanol–water partition coefficient (Wildman–Crippen LogP) is 5.07. The molecule has 0 aliphatic heterocycles. The van der Waals surface area contributed by atoms with Crippen molar-refractivity contribution in [3.05, 3.63) is 42.5 Å². The van der Waals surface area contributed by atoms with E-state index < -0.39 is 0 Å². The van der Waals surface area contributed by atoms with Crippen molar-refractivity contribution >= 4 is 32.3 Å². The van der Waals surface area contributed by atoms with Gasteiger partial charge >= 0.3 is 0 Å². The van der Waals surface area contributed by atoms with Crippen LogP contribution in [-0.4, -0.2) is 43.4 Å². The largest absolute Gasteiger partial charge is 0.493 e. The minimum absolute atomic E-state index is 0.591. The average molecular weight is 412 g/mol. The topological polar surface area (TPSA) is 57.0 Å². The van der Waals surface area contributed by atoms with Crippen LogP contribution < -0.4 is 14.8 Å². The molecule has 2 aromatic carbocycles. The molecule has 0 amide bonds. The number of ether oxygens (including phenoxy) is 3. The summed E-state index contributed by atoms with van der Waals surface area (Å²) >= 11 is 1.69. The summed E-state index contributed by atoms with van der Waals surface area (Å²) in [6.07, 6.45) is 0.915. The Labute approximate surface area is 174 Å². The first kappa shape index (κ1) is 19.5. The van der Waals surface area contributed by atoms with Crippen LogP contribution in [0.25, 0.3) is 26.4 Å². The third-order valence-electron chi connectivity index (χ3n) is 4.71. The lowest BCUT2D eigenvalue weighted by molar-refractivity contribution is 0.198. The van der Waals surface area contributed by atoms with Crippen molar-refractivity contribution < 1.29 is 14.2 Å². The lowest BCUT2D eigenvalue weighted by Crippen LogP contribution is -2.07. The van der Waals surface area contributed by atoms with Crippen molar-refractivity contribution in [2.24, 2.45) is 0 Å². The summed E-state index contributed by atoms with van der Waals surface area (Å²) in [5.74, 6) is 2.43. The summed E-state index contributed by atoms with van der Waals surface area (Å²) in [6, 6.07) is 14.3. The van der Waals surface area contributed by atoms with Crippen molar-refractivity contribution in [1.82, 2.24) is 9.38 Å².